The van der Waals surface area contributed by atoms with E-state index in [0.717, 1.165) is 50.3 Å². The number of benzene rings is 6. The molecule has 0 amide bonds. The lowest BCUT2D eigenvalue weighted by atomic mass is 9.81. The highest BCUT2D eigenvalue weighted by molar-refractivity contribution is 8.00. The quantitative estimate of drug-likeness (QED) is 0.0725. The summed E-state index contributed by atoms with van der Waals surface area (Å²) in [6.45, 7) is 0. The number of rotatable bonds is 14. The van der Waals surface area contributed by atoms with Crippen molar-refractivity contribution in [2.24, 2.45) is 0 Å². The van der Waals surface area contributed by atoms with Gasteiger partial charge in [0.15, 0.2) is 0 Å². The highest BCUT2D eigenvalue weighted by Crippen LogP contribution is 2.43. The van der Waals surface area contributed by atoms with Crippen molar-refractivity contribution in [3.63, 3.8) is 0 Å². The molecule has 8 nitrogen and oxygen atoms in total. The van der Waals surface area contributed by atoms with Gasteiger partial charge in [-0.25, -0.2) is 4.98 Å². The average Bonchev–Trinajstić information content (AvgIpc) is 3.28. The van der Waals surface area contributed by atoms with Crippen LogP contribution in [0.25, 0.3) is 11.3 Å². The van der Waals surface area contributed by atoms with E-state index in [-0.39, 0.29) is 10.5 Å². The number of nitrogen functional groups attached to an aromatic ring is 1. The van der Waals surface area contributed by atoms with Gasteiger partial charge in [0.2, 0.25) is 0 Å². The lowest BCUT2D eigenvalue weighted by molar-refractivity contribution is 0.414. The van der Waals surface area contributed by atoms with E-state index in [9.17, 15) is 10.0 Å². The maximum Gasteiger partial charge on any atom is 0.488 e. The molecule has 7 rings (SSSR count). The first-order valence-electron chi connectivity index (χ1n) is 18.4. The Kier molecular flexibility index (Phi) is 14.8. The first-order chi connectivity index (χ1) is 28.3. The molecule has 0 radical (unpaired) electrons. The Bertz CT molecular complexity index is 2220. The van der Waals surface area contributed by atoms with Gasteiger partial charge >= 0.3 is 7.12 Å². The van der Waals surface area contributed by atoms with E-state index in [1.54, 1.807) is 70.2 Å². The zero-order chi connectivity index (χ0) is 40.9. The summed E-state index contributed by atoms with van der Waals surface area (Å²) in [4.78, 5) is 6.62. The second kappa shape index (κ2) is 20.5. The van der Waals surface area contributed by atoms with Gasteiger partial charge in [0.1, 0.15) is 28.8 Å². The number of nitrogens with two attached hydrogens (primary N) is 1. The van der Waals surface area contributed by atoms with Gasteiger partial charge in [-0.2, -0.15) is 0 Å². The Hall–Kier alpha value is -5.85. The largest absolute Gasteiger partial charge is 0.497 e. The summed E-state index contributed by atoms with van der Waals surface area (Å²) in [7, 11) is 5.22. The topological polar surface area (TPSA) is 116 Å². The summed E-state index contributed by atoms with van der Waals surface area (Å²) in [5.41, 5.74) is 12.9. The molecule has 0 fully saturated rings. The Balaban J connectivity index is 0.000000198. The molecule has 0 aliphatic rings. The zero-order valence-electron chi connectivity index (χ0n) is 32.7. The second-order valence-electron chi connectivity index (χ2n) is 13.0. The molecule has 0 spiro atoms. The van der Waals surface area contributed by atoms with E-state index >= 15 is 0 Å². The smallest absolute Gasteiger partial charge is 0.488 e. The Morgan fingerprint density at radius 3 is 1.12 bits per heavy atom. The molecule has 0 aliphatic heterocycles. The standard InChI is InChI=1S/C26H24N2O2S.C21H21BO4S/c1-29-21-12-6-19(7-13-21)26(20-8-14-22(30-2)15-9-20)31-23-16-10-18(11-17-23)24-4-3-5-25(27)28-24;1-25-18-9-3-15(4-10-18)21(16-5-11-19(26-2)12-6-16)27-20-13-7-17(8-14-20)22(23)24/h3-17,26H,1-2H3,(H2,27,28);3-14,21,23-24H,1-2H3. The number of ether oxygens (including phenoxy) is 4. The van der Waals surface area contributed by atoms with Gasteiger partial charge < -0.3 is 34.7 Å². The lowest BCUT2D eigenvalue weighted by Crippen LogP contribution is -2.29. The maximum absolute atomic E-state index is 9.28. The monoisotopic (exact) mass is 808 g/mol. The van der Waals surface area contributed by atoms with Crippen LogP contribution in [0.5, 0.6) is 23.0 Å². The fourth-order valence-electron chi connectivity index (χ4n) is 6.08. The van der Waals surface area contributed by atoms with Gasteiger partial charge in [-0.3, -0.25) is 0 Å². The maximum atomic E-state index is 9.28. The fraction of sp³-hybridized carbons (Fsp3) is 0.128. The number of methoxy groups -OCH3 is 4. The molecule has 0 atom stereocenters. The predicted molar refractivity (Wildman–Crippen MR) is 238 cm³/mol. The second-order valence-corrected chi connectivity index (χ2v) is 15.4. The minimum Gasteiger partial charge on any atom is -0.497 e. The van der Waals surface area contributed by atoms with Crippen LogP contribution in [0.4, 0.5) is 5.82 Å². The molecule has 11 heteroatoms. The Morgan fingerprint density at radius 1 is 0.466 bits per heavy atom. The molecule has 4 N–H and O–H groups in total. The van der Waals surface area contributed by atoms with Crippen LogP contribution in [0.15, 0.2) is 174 Å². The molecule has 0 aliphatic carbocycles. The van der Waals surface area contributed by atoms with Crippen molar-refractivity contribution in [1.29, 1.82) is 0 Å². The van der Waals surface area contributed by atoms with Gasteiger partial charge in [0, 0.05) is 15.4 Å². The van der Waals surface area contributed by atoms with Gasteiger partial charge in [-0.05, 0) is 113 Å². The molecule has 0 bridgehead atoms. The van der Waals surface area contributed by atoms with Crippen LogP contribution in [-0.2, 0) is 0 Å². The van der Waals surface area contributed by atoms with E-state index in [4.69, 9.17) is 24.7 Å². The van der Waals surface area contributed by atoms with Crippen molar-refractivity contribution in [2.75, 3.05) is 34.2 Å². The summed E-state index contributed by atoms with van der Waals surface area (Å²) < 4.78 is 21.2. The van der Waals surface area contributed by atoms with Gasteiger partial charge in [-0.15, -0.1) is 23.5 Å². The molecule has 0 saturated carbocycles. The van der Waals surface area contributed by atoms with Crippen LogP contribution in [0.3, 0.4) is 0 Å². The molecule has 7 aromatic rings. The van der Waals surface area contributed by atoms with Crippen molar-refractivity contribution >= 4 is 41.9 Å². The summed E-state index contributed by atoms with van der Waals surface area (Å²) in [5.74, 6) is 3.86. The van der Waals surface area contributed by atoms with Crippen molar-refractivity contribution in [1.82, 2.24) is 4.98 Å². The van der Waals surface area contributed by atoms with Gasteiger partial charge in [-0.1, -0.05) is 78.9 Å². The van der Waals surface area contributed by atoms with Crippen LogP contribution >= 0.6 is 23.5 Å². The third-order valence-electron chi connectivity index (χ3n) is 9.28. The minimum atomic E-state index is -1.46. The van der Waals surface area contributed by atoms with Crippen LogP contribution in [0.1, 0.15) is 32.8 Å². The van der Waals surface area contributed by atoms with Crippen LogP contribution in [-0.4, -0.2) is 50.6 Å². The molecule has 1 aromatic heterocycles. The van der Waals surface area contributed by atoms with Crippen molar-refractivity contribution in [2.45, 2.75) is 20.3 Å². The van der Waals surface area contributed by atoms with Gasteiger partial charge in [0.05, 0.1) is 44.6 Å². The van der Waals surface area contributed by atoms with Crippen LogP contribution in [0.2, 0.25) is 0 Å². The SMILES string of the molecule is COc1ccc(C(Sc2ccc(-c3cccc(N)n3)cc2)c2ccc(OC)cc2)cc1.COc1ccc(C(Sc2ccc(B(O)O)cc2)c2ccc(OC)cc2)cc1. The fourth-order valence-corrected chi connectivity index (χ4v) is 8.38. The number of aromatic nitrogens is 1. The number of pyridine rings is 1. The van der Waals surface area contributed by atoms with Crippen molar-refractivity contribution in [3.8, 4) is 34.3 Å². The van der Waals surface area contributed by atoms with Crippen LogP contribution in [0, 0.1) is 0 Å². The van der Waals surface area contributed by atoms with Crippen LogP contribution < -0.4 is 30.1 Å². The molecule has 0 saturated heterocycles. The average molecular weight is 809 g/mol. The summed E-state index contributed by atoms with van der Waals surface area (Å²) >= 11 is 3.50. The third kappa shape index (κ3) is 11.2. The minimum absolute atomic E-state index is 0.0757. The van der Waals surface area contributed by atoms with E-state index in [0.29, 0.717) is 11.3 Å². The summed E-state index contributed by atoms with van der Waals surface area (Å²) in [6, 6.07) is 53.9. The number of hydrogen-bond acceptors (Lipinski definition) is 10. The summed E-state index contributed by atoms with van der Waals surface area (Å²) in [5, 5.41) is 18.8. The van der Waals surface area contributed by atoms with Crippen molar-refractivity contribution < 1.29 is 29.0 Å². The lowest BCUT2D eigenvalue weighted by Gasteiger charge is -2.19. The highest BCUT2D eigenvalue weighted by Gasteiger charge is 2.19. The van der Waals surface area contributed by atoms with E-state index in [1.165, 1.54) is 16.0 Å². The molecular weight excluding hydrogens is 763 g/mol. The number of nitrogens with zero attached hydrogens (tertiary/aromatic N) is 1. The Morgan fingerprint density at radius 2 is 0.810 bits per heavy atom. The van der Waals surface area contributed by atoms with E-state index in [1.807, 2.05) is 72.8 Å². The molecule has 58 heavy (non-hydrogen) atoms. The molecular formula is C47H45BN2O6S2. The first kappa shape index (κ1) is 41.8. The number of anilines is 1. The Labute approximate surface area is 349 Å². The zero-order valence-corrected chi connectivity index (χ0v) is 34.3. The number of thioether (sulfide) groups is 2. The van der Waals surface area contributed by atoms with Gasteiger partial charge in [0.25, 0.3) is 0 Å². The van der Waals surface area contributed by atoms with Crippen molar-refractivity contribution in [3.05, 3.63) is 186 Å². The normalized spacial score (nSPS) is 10.8. The number of hydrogen-bond donors (Lipinski definition) is 3. The molecule has 6 aromatic carbocycles. The summed E-state index contributed by atoms with van der Waals surface area (Å²) in [6.07, 6.45) is 0. The molecule has 0 unspecified atom stereocenters. The molecule has 294 valence electrons. The molecule has 1 heterocycles. The van der Waals surface area contributed by atoms with E-state index < -0.39 is 7.12 Å². The third-order valence-corrected chi connectivity index (χ3v) is 11.9. The first-order valence-corrected chi connectivity index (χ1v) is 20.2. The predicted octanol–water partition coefficient (Wildman–Crippen LogP) is 9.49. The van der Waals surface area contributed by atoms with E-state index in [2.05, 4.69) is 77.8 Å². The highest BCUT2D eigenvalue weighted by atomic mass is 32.2.